The topological polar surface area (TPSA) is 47.4 Å². The molecule has 0 amide bonds. The summed E-state index contributed by atoms with van der Waals surface area (Å²) in [5.74, 6) is 1.53. The Bertz CT molecular complexity index is 535. The third-order valence-electron chi connectivity index (χ3n) is 2.42. The number of ether oxygens (including phenoxy) is 1. The lowest BCUT2D eigenvalue weighted by Crippen LogP contribution is -1.95. The van der Waals surface area contributed by atoms with E-state index in [4.69, 9.17) is 4.74 Å². The average Bonchev–Trinajstić information content (AvgIpc) is 2.41. The van der Waals surface area contributed by atoms with Crippen molar-refractivity contribution in [3.05, 3.63) is 48.0 Å². The summed E-state index contributed by atoms with van der Waals surface area (Å²) in [6.45, 7) is 1.96. The highest BCUT2D eigenvalue weighted by Gasteiger charge is 1.98. The van der Waals surface area contributed by atoms with Gasteiger partial charge in [-0.3, -0.25) is 4.99 Å². The van der Waals surface area contributed by atoms with Gasteiger partial charge in [0.05, 0.1) is 7.11 Å². The Hall–Kier alpha value is -2.23. The normalized spacial score (nSPS) is 10.8. The molecule has 18 heavy (non-hydrogen) atoms. The molecule has 2 rings (SSSR count). The van der Waals surface area contributed by atoms with Crippen molar-refractivity contribution in [1.29, 1.82) is 0 Å². The lowest BCUT2D eigenvalue weighted by Gasteiger charge is -2.02. The monoisotopic (exact) mass is 241 g/mol. The van der Waals surface area contributed by atoms with Gasteiger partial charge in [0, 0.05) is 25.0 Å². The molecule has 0 unspecified atom stereocenters. The molecule has 0 fully saturated rings. The van der Waals surface area contributed by atoms with Gasteiger partial charge in [0.25, 0.3) is 0 Å². The second-order valence-corrected chi connectivity index (χ2v) is 3.86. The Balaban J connectivity index is 2.05. The zero-order valence-corrected chi connectivity index (χ0v) is 10.5. The Morgan fingerprint density at radius 2 is 1.94 bits per heavy atom. The molecule has 0 aliphatic carbocycles. The average molecular weight is 241 g/mol. The Kier molecular flexibility index (Phi) is 4.02. The summed E-state index contributed by atoms with van der Waals surface area (Å²) < 4.78 is 5.22. The number of aromatic nitrogens is 2. The van der Waals surface area contributed by atoms with E-state index < -0.39 is 0 Å². The van der Waals surface area contributed by atoms with Crippen molar-refractivity contribution < 1.29 is 4.74 Å². The number of hydrogen-bond donors (Lipinski definition) is 0. The maximum Gasteiger partial charge on any atom is 0.144 e. The molecule has 4 heteroatoms. The van der Waals surface area contributed by atoms with Crippen LogP contribution >= 0.6 is 0 Å². The number of aryl methyl sites for hydroxylation is 1. The zero-order chi connectivity index (χ0) is 12.8. The smallest absolute Gasteiger partial charge is 0.144 e. The van der Waals surface area contributed by atoms with Gasteiger partial charge in [-0.15, -0.1) is 0 Å². The van der Waals surface area contributed by atoms with Gasteiger partial charge < -0.3 is 4.74 Å². The molecule has 4 nitrogen and oxygen atoms in total. The van der Waals surface area contributed by atoms with Crippen LogP contribution in [0.15, 0.2) is 41.7 Å². The Morgan fingerprint density at radius 3 is 2.67 bits per heavy atom. The van der Waals surface area contributed by atoms with Crippen LogP contribution in [0.25, 0.3) is 0 Å². The first-order valence-corrected chi connectivity index (χ1v) is 5.72. The molecule has 92 valence electrons. The summed E-state index contributed by atoms with van der Waals surface area (Å²) in [4.78, 5) is 12.8. The molecule has 0 radical (unpaired) electrons. The van der Waals surface area contributed by atoms with E-state index in [0.717, 1.165) is 22.8 Å². The third kappa shape index (κ3) is 3.13. The van der Waals surface area contributed by atoms with E-state index in [1.165, 1.54) is 0 Å². The van der Waals surface area contributed by atoms with E-state index in [0.29, 0.717) is 6.42 Å². The van der Waals surface area contributed by atoms with E-state index in [1.807, 2.05) is 31.2 Å². The van der Waals surface area contributed by atoms with Gasteiger partial charge in [-0.2, -0.15) is 0 Å². The van der Waals surface area contributed by atoms with Gasteiger partial charge in [0.1, 0.15) is 17.3 Å². The van der Waals surface area contributed by atoms with Crippen molar-refractivity contribution in [2.75, 3.05) is 7.11 Å². The van der Waals surface area contributed by atoms with Crippen LogP contribution in [0, 0.1) is 6.92 Å². The minimum atomic E-state index is 0.609. The summed E-state index contributed by atoms with van der Waals surface area (Å²) in [5.41, 5.74) is 1.87. The number of rotatable bonds is 4. The highest BCUT2D eigenvalue weighted by Crippen LogP contribution is 2.25. The van der Waals surface area contributed by atoms with Crippen LogP contribution in [0.4, 0.5) is 5.69 Å². The number of nitrogens with zero attached hydrogens (tertiary/aromatic N) is 3. The highest BCUT2D eigenvalue weighted by molar-refractivity contribution is 5.67. The van der Waals surface area contributed by atoms with Gasteiger partial charge in [0.15, 0.2) is 0 Å². The predicted octanol–water partition coefficient (Wildman–Crippen LogP) is 2.74. The molecular formula is C14H15N3O. The predicted molar refractivity (Wildman–Crippen MR) is 71.6 cm³/mol. The van der Waals surface area contributed by atoms with Crippen LogP contribution < -0.4 is 4.74 Å². The third-order valence-corrected chi connectivity index (χ3v) is 2.42. The lowest BCUT2D eigenvalue weighted by molar-refractivity contribution is 0.416. The standard InChI is InChI=1S/C14H15N3O/c1-11-9-16-14(17-10-11)7-8-15-12-5-3-4-6-13(12)18-2/h3-6,8-10H,7H2,1-2H3. The number of aliphatic imine (C=N–C) groups is 1. The summed E-state index contributed by atoms with van der Waals surface area (Å²) in [5, 5.41) is 0. The maximum absolute atomic E-state index is 5.22. The van der Waals surface area contributed by atoms with E-state index in [9.17, 15) is 0 Å². The fraction of sp³-hybridized carbons (Fsp3) is 0.214. The number of para-hydroxylation sites is 2. The van der Waals surface area contributed by atoms with Gasteiger partial charge in [-0.1, -0.05) is 12.1 Å². The molecule has 1 aromatic heterocycles. The molecule has 0 spiro atoms. The van der Waals surface area contributed by atoms with Crippen LogP contribution in [0.1, 0.15) is 11.4 Å². The van der Waals surface area contributed by atoms with Crippen molar-refractivity contribution in [3.63, 3.8) is 0 Å². The van der Waals surface area contributed by atoms with Gasteiger partial charge >= 0.3 is 0 Å². The van der Waals surface area contributed by atoms with Crippen molar-refractivity contribution in [2.24, 2.45) is 4.99 Å². The van der Waals surface area contributed by atoms with Gasteiger partial charge in [-0.05, 0) is 24.6 Å². The Labute approximate surface area is 106 Å². The molecule has 0 atom stereocenters. The fourth-order valence-electron chi connectivity index (χ4n) is 1.49. The quantitative estimate of drug-likeness (QED) is 0.773. The lowest BCUT2D eigenvalue weighted by atomic mass is 10.3. The largest absolute Gasteiger partial charge is 0.494 e. The molecule has 1 aromatic carbocycles. The van der Waals surface area contributed by atoms with Crippen LogP contribution in [0.3, 0.4) is 0 Å². The summed E-state index contributed by atoms with van der Waals surface area (Å²) >= 11 is 0. The fourth-order valence-corrected chi connectivity index (χ4v) is 1.49. The molecule has 0 saturated carbocycles. The molecule has 1 heterocycles. The number of hydrogen-bond acceptors (Lipinski definition) is 4. The van der Waals surface area contributed by atoms with E-state index in [1.54, 1.807) is 25.7 Å². The van der Waals surface area contributed by atoms with Crippen molar-refractivity contribution in [1.82, 2.24) is 9.97 Å². The second kappa shape index (κ2) is 5.91. The van der Waals surface area contributed by atoms with Crippen molar-refractivity contribution in [3.8, 4) is 5.75 Å². The Morgan fingerprint density at radius 1 is 1.22 bits per heavy atom. The molecule has 0 aliphatic rings. The van der Waals surface area contributed by atoms with Gasteiger partial charge in [-0.25, -0.2) is 9.97 Å². The second-order valence-electron chi connectivity index (χ2n) is 3.86. The van der Waals surface area contributed by atoms with Crippen LogP contribution in [0.2, 0.25) is 0 Å². The summed E-state index contributed by atoms with van der Waals surface area (Å²) in [6, 6.07) is 7.64. The number of methoxy groups -OCH3 is 1. The van der Waals surface area contributed by atoms with E-state index in [-0.39, 0.29) is 0 Å². The van der Waals surface area contributed by atoms with Crippen LogP contribution in [-0.4, -0.2) is 23.3 Å². The molecule has 0 bridgehead atoms. The minimum Gasteiger partial charge on any atom is -0.494 e. The molecule has 2 aromatic rings. The van der Waals surface area contributed by atoms with Crippen molar-refractivity contribution in [2.45, 2.75) is 13.3 Å². The molecule has 0 saturated heterocycles. The van der Waals surface area contributed by atoms with Gasteiger partial charge in [0.2, 0.25) is 0 Å². The van der Waals surface area contributed by atoms with E-state index >= 15 is 0 Å². The first-order valence-electron chi connectivity index (χ1n) is 5.72. The first kappa shape index (κ1) is 12.2. The first-order chi connectivity index (χ1) is 8.79. The SMILES string of the molecule is COc1ccccc1N=CCc1ncc(C)cn1. The van der Waals surface area contributed by atoms with E-state index in [2.05, 4.69) is 15.0 Å². The molecule has 0 aliphatic heterocycles. The van der Waals surface area contributed by atoms with Crippen molar-refractivity contribution >= 4 is 11.9 Å². The van der Waals surface area contributed by atoms with Crippen LogP contribution in [0.5, 0.6) is 5.75 Å². The summed E-state index contributed by atoms with van der Waals surface area (Å²) in [7, 11) is 1.64. The zero-order valence-electron chi connectivity index (χ0n) is 10.5. The molecular weight excluding hydrogens is 226 g/mol. The maximum atomic E-state index is 5.22. The minimum absolute atomic E-state index is 0.609. The molecule has 0 N–H and O–H groups in total. The number of benzene rings is 1. The highest BCUT2D eigenvalue weighted by atomic mass is 16.5. The van der Waals surface area contributed by atoms with Crippen LogP contribution in [-0.2, 0) is 6.42 Å². The summed E-state index contributed by atoms with van der Waals surface area (Å²) in [6.07, 6.45) is 6.01.